The number of aromatic nitrogens is 3. The molecule has 1 heterocycles. The predicted octanol–water partition coefficient (Wildman–Crippen LogP) is 2.99. The topological polar surface area (TPSA) is 69.0 Å². The van der Waals surface area contributed by atoms with E-state index in [1.54, 1.807) is 0 Å². The normalized spacial score (nSPS) is 12.1. The number of carbonyl (C=O) groups excluding carboxylic acids is 1. The average molecular weight is 362 g/mol. The first-order valence-corrected chi connectivity index (χ1v) is 9.56. The molecule has 0 fully saturated rings. The van der Waals surface area contributed by atoms with Crippen molar-refractivity contribution in [2.75, 3.05) is 19.8 Å². The minimum Gasteiger partial charge on any atom is -0.382 e. The molecule has 0 saturated carbocycles. The van der Waals surface area contributed by atoms with Crippen molar-refractivity contribution in [3.63, 3.8) is 0 Å². The third-order valence-corrected chi connectivity index (χ3v) is 4.77. The standard InChI is InChI=1S/C18H26N4O2S/c1-4-22-16(15-10-7-6-8-11-15)20-21-18(22)25-14(3)17(23)19-12-9-13-24-5-2/h6-8,10-11,14H,4-5,9,12-13H2,1-3H3,(H,19,23). The fourth-order valence-corrected chi connectivity index (χ4v) is 3.28. The minimum atomic E-state index is -0.231. The van der Waals surface area contributed by atoms with Gasteiger partial charge in [0, 0.05) is 31.9 Å². The predicted molar refractivity (Wildman–Crippen MR) is 101 cm³/mol. The maximum Gasteiger partial charge on any atom is 0.233 e. The van der Waals surface area contributed by atoms with Gasteiger partial charge in [-0.15, -0.1) is 10.2 Å². The molecule has 0 bridgehead atoms. The van der Waals surface area contributed by atoms with Gasteiger partial charge in [-0.05, 0) is 27.2 Å². The van der Waals surface area contributed by atoms with E-state index in [4.69, 9.17) is 4.74 Å². The summed E-state index contributed by atoms with van der Waals surface area (Å²) >= 11 is 1.43. The zero-order valence-electron chi connectivity index (χ0n) is 15.1. The molecule has 1 aromatic carbocycles. The molecule has 0 radical (unpaired) electrons. The van der Waals surface area contributed by atoms with Crippen molar-refractivity contribution in [1.29, 1.82) is 0 Å². The highest BCUT2D eigenvalue weighted by Gasteiger charge is 2.19. The molecule has 2 aromatic rings. The lowest BCUT2D eigenvalue weighted by Crippen LogP contribution is -2.32. The SMILES string of the molecule is CCOCCCNC(=O)C(C)Sc1nnc(-c2ccccc2)n1CC. The summed E-state index contributed by atoms with van der Waals surface area (Å²) in [4.78, 5) is 12.2. The molecular weight excluding hydrogens is 336 g/mol. The molecule has 136 valence electrons. The first-order chi connectivity index (χ1) is 12.2. The monoisotopic (exact) mass is 362 g/mol. The molecule has 1 N–H and O–H groups in total. The van der Waals surface area contributed by atoms with E-state index in [-0.39, 0.29) is 11.2 Å². The number of benzene rings is 1. The Morgan fingerprint density at radius 2 is 2.04 bits per heavy atom. The molecule has 25 heavy (non-hydrogen) atoms. The third kappa shape index (κ3) is 5.57. The first-order valence-electron chi connectivity index (χ1n) is 8.68. The molecule has 2 rings (SSSR count). The first kappa shape index (κ1) is 19.5. The third-order valence-electron chi connectivity index (χ3n) is 3.69. The van der Waals surface area contributed by atoms with Crippen LogP contribution in [0.15, 0.2) is 35.5 Å². The van der Waals surface area contributed by atoms with Crippen molar-refractivity contribution in [2.45, 2.75) is 44.1 Å². The summed E-state index contributed by atoms with van der Waals surface area (Å²) < 4.78 is 7.31. The fraction of sp³-hybridized carbons (Fsp3) is 0.500. The maximum absolute atomic E-state index is 12.2. The van der Waals surface area contributed by atoms with E-state index in [1.165, 1.54) is 11.8 Å². The van der Waals surface area contributed by atoms with Crippen LogP contribution in [0, 0.1) is 0 Å². The molecule has 0 aliphatic heterocycles. The molecule has 1 aromatic heterocycles. The van der Waals surface area contributed by atoms with Gasteiger partial charge in [-0.2, -0.15) is 0 Å². The maximum atomic E-state index is 12.2. The lowest BCUT2D eigenvalue weighted by atomic mass is 10.2. The highest BCUT2D eigenvalue weighted by Crippen LogP contribution is 2.26. The van der Waals surface area contributed by atoms with Crippen molar-refractivity contribution < 1.29 is 9.53 Å². The van der Waals surface area contributed by atoms with E-state index >= 15 is 0 Å². The van der Waals surface area contributed by atoms with E-state index in [0.717, 1.165) is 29.5 Å². The van der Waals surface area contributed by atoms with E-state index in [1.807, 2.05) is 48.7 Å². The van der Waals surface area contributed by atoms with E-state index < -0.39 is 0 Å². The molecule has 7 heteroatoms. The Morgan fingerprint density at radius 1 is 1.28 bits per heavy atom. The van der Waals surface area contributed by atoms with Crippen LogP contribution in [0.5, 0.6) is 0 Å². The summed E-state index contributed by atoms with van der Waals surface area (Å²) in [6, 6.07) is 9.96. The van der Waals surface area contributed by atoms with Crippen LogP contribution in [-0.2, 0) is 16.1 Å². The van der Waals surface area contributed by atoms with Gasteiger partial charge in [-0.25, -0.2) is 0 Å². The zero-order chi connectivity index (χ0) is 18.1. The van der Waals surface area contributed by atoms with Crippen molar-refractivity contribution in [1.82, 2.24) is 20.1 Å². The van der Waals surface area contributed by atoms with Gasteiger partial charge in [0.15, 0.2) is 11.0 Å². The van der Waals surface area contributed by atoms with Crippen LogP contribution >= 0.6 is 11.8 Å². The molecule has 0 saturated heterocycles. The Hall–Kier alpha value is -1.86. The lowest BCUT2D eigenvalue weighted by molar-refractivity contribution is -0.120. The minimum absolute atomic E-state index is 0.00779. The van der Waals surface area contributed by atoms with Crippen LogP contribution in [0.1, 0.15) is 27.2 Å². The van der Waals surface area contributed by atoms with Crippen molar-refractivity contribution in [3.05, 3.63) is 30.3 Å². The Bertz CT molecular complexity index is 660. The summed E-state index contributed by atoms with van der Waals surface area (Å²) in [5.74, 6) is 0.836. The van der Waals surface area contributed by atoms with Gasteiger partial charge in [0.1, 0.15) is 0 Å². The van der Waals surface area contributed by atoms with Crippen molar-refractivity contribution in [2.24, 2.45) is 0 Å². The molecule has 1 amide bonds. The largest absolute Gasteiger partial charge is 0.382 e. The van der Waals surface area contributed by atoms with Crippen LogP contribution in [0.4, 0.5) is 0 Å². The van der Waals surface area contributed by atoms with Crippen LogP contribution in [0.25, 0.3) is 11.4 Å². The van der Waals surface area contributed by atoms with E-state index in [2.05, 4.69) is 22.4 Å². The number of rotatable bonds is 10. The smallest absolute Gasteiger partial charge is 0.233 e. The van der Waals surface area contributed by atoms with Crippen LogP contribution < -0.4 is 5.32 Å². The fourth-order valence-electron chi connectivity index (χ4n) is 2.35. The van der Waals surface area contributed by atoms with E-state index in [9.17, 15) is 4.79 Å². The second kappa shape index (κ2) is 10.2. The van der Waals surface area contributed by atoms with Gasteiger partial charge >= 0.3 is 0 Å². The van der Waals surface area contributed by atoms with Gasteiger partial charge in [-0.3, -0.25) is 4.79 Å². The molecule has 6 nitrogen and oxygen atoms in total. The van der Waals surface area contributed by atoms with Gasteiger partial charge in [-0.1, -0.05) is 42.1 Å². The number of carbonyl (C=O) groups is 1. The highest BCUT2D eigenvalue weighted by atomic mass is 32.2. The van der Waals surface area contributed by atoms with Gasteiger partial charge in [0.25, 0.3) is 0 Å². The second-order valence-corrected chi connectivity index (χ2v) is 6.83. The van der Waals surface area contributed by atoms with Gasteiger partial charge < -0.3 is 14.6 Å². The number of amides is 1. The van der Waals surface area contributed by atoms with Crippen molar-refractivity contribution >= 4 is 17.7 Å². The molecular formula is C18H26N4O2S. The van der Waals surface area contributed by atoms with Gasteiger partial charge in [0.05, 0.1) is 5.25 Å². The molecule has 1 atom stereocenters. The number of ether oxygens (including phenoxy) is 1. The summed E-state index contributed by atoms with van der Waals surface area (Å²) in [5.41, 5.74) is 1.02. The molecule has 0 aliphatic carbocycles. The molecule has 0 spiro atoms. The number of hydrogen-bond donors (Lipinski definition) is 1. The number of hydrogen-bond acceptors (Lipinski definition) is 5. The highest BCUT2D eigenvalue weighted by molar-refractivity contribution is 8.00. The van der Waals surface area contributed by atoms with Crippen LogP contribution in [0.3, 0.4) is 0 Å². The number of thioether (sulfide) groups is 1. The Balaban J connectivity index is 1.95. The second-order valence-electron chi connectivity index (χ2n) is 5.52. The number of nitrogens with zero attached hydrogens (tertiary/aromatic N) is 3. The quantitative estimate of drug-likeness (QED) is 0.520. The summed E-state index contributed by atoms with van der Waals surface area (Å²) in [5, 5.41) is 12.1. The van der Waals surface area contributed by atoms with Crippen LogP contribution in [-0.4, -0.2) is 45.7 Å². The lowest BCUT2D eigenvalue weighted by Gasteiger charge is -2.12. The Labute approximate surface area is 153 Å². The van der Waals surface area contributed by atoms with E-state index in [0.29, 0.717) is 19.8 Å². The summed E-state index contributed by atoms with van der Waals surface area (Å²) in [6.45, 7) is 8.66. The van der Waals surface area contributed by atoms with Crippen LogP contribution in [0.2, 0.25) is 0 Å². The van der Waals surface area contributed by atoms with Crippen molar-refractivity contribution in [3.8, 4) is 11.4 Å². The zero-order valence-corrected chi connectivity index (χ0v) is 15.9. The Kier molecular flexibility index (Phi) is 7.94. The molecule has 0 aliphatic rings. The number of nitrogens with one attached hydrogen (secondary N) is 1. The van der Waals surface area contributed by atoms with Gasteiger partial charge in [0.2, 0.25) is 5.91 Å². The molecule has 1 unspecified atom stereocenters. The summed E-state index contributed by atoms with van der Waals surface area (Å²) in [7, 11) is 0. The summed E-state index contributed by atoms with van der Waals surface area (Å²) in [6.07, 6.45) is 0.820. The average Bonchev–Trinajstić information content (AvgIpc) is 3.04. The Morgan fingerprint density at radius 3 is 2.72 bits per heavy atom.